The van der Waals surface area contributed by atoms with Gasteiger partial charge >= 0.3 is 5.97 Å². The van der Waals surface area contributed by atoms with Gasteiger partial charge in [-0.3, -0.25) is 14.4 Å². The number of esters is 1. The third kappa shape index (κ3) is 5.51. The largest absolute Gasteiger partial charge is 0.464 e. The lowest BCUT2D eigenvalue weighted by molar-refractivity contribution is -0.154. The zero-order valence-corrected chi connectivity index (χ0v) is 18.1. The van der Waals surface area contributed by atoms with Crippen LogP contribution in [0, 0.1) is 31.3 Å². The van der Waals surface area contributed by atoms with Crippen LogP contribution in [0.15, 0.2) is 34.9 Å². The van der Waals surface area contributed by atoms with Gasteiger partial charge in [-0.2, -0.15) is 0 Å². The summed E-state index contributed by atoms with van der Waals surface area (Å²) in [5.41, 5.74) is 2.75. The molecule has 1 unspecified atom stereocenters. The van der Waals surface area contributed by atoms with Crippen LogP contribution in [-0.2, 0) is 25.5 Å². The van der Waals surface area contributed by atoms with Gasteiger partial charge in [0.2, 0.25) is 5.91 Å². The average Bonchev–Trinajstić information content (AvgIpc) is 3.13. The maximum absolute atomic E-state index is 13.6. The van der Waals surface area contributed by atoms with Crippen molar-refractivity contribution in [3.05, 3.63) is 64.7 Å². The summed E-state index contributed by atoms with van der Waals surface area (Å²) < 4.78 is 50.3. The number of carbonyl (C=O) groups is 3. The maximum atomic E-state index is 13.6. The summed E-state index contributed by atoms with van der Waals surface area (Å²) in [6, 6.07) is 5.27. The number of carbonyl (C=O) groups excluding carboxylic acids is 3. The van der Waals surface area contributed by atoms with Crippen LogP contribution in [0.1, 0.15) is 23.6 Å². The van der Waals surface area contributed by atoms with Gasteiger partial charge in [0.25, 0.3) is 5.91 Å². The number of fused-ring (bicyclic) bond motifs is 1. The molecule has 0 aliphatic carbocycles. The molecular formula is C23H21F3N2O5. The first-order chi connectivity index (χ1) is 15.6. The summed E-state index contributed by atoms with van der Waals surface area (Å²) in [5, 5.41) is 5.01. The minimum absolute atomic E-state index is 0.122. The first kappa shape index (κ1) is 23.8. The van der Waals surface area contributed by atoms with E-state index in [1.165, 1.54) is 13.2 Å². The molecule has 174 valence electrons. The molecule has 33 heavy (non-hydrogen) atoms. The molecule has 1 atom stereocenters. The number of furan rings is 1. The molecule has 2 N–H and O–H groups in total. The number of benzene rings is 2. The molecule has 0 radical (unpaired) electrons. The molecule has 0 bridgehead atoms. The van der Waals surface area contributed by atoms with E-state index in [-0.39, 0.29) is 6.42 Å². The van der Waals surface area contributed by atoms with Crippen LogP contribution in [0.2, 0.25) is 0 Å². The lowest BCUT2D eigenvalue weighted by Gasteiger charge is -2.13. The number of amides is 2. The van der Waals surface area contributed by atoms with Gasteiger partial charge in [0.1, 0.15) is 5.58 Å². The highest BCUT2D eigenvalue weighted by Crippen LogP contribution is 2.25. The zero-order chi connectivity index (χ0) is 24.3. The molecule has 10 heteroatoms. The fraction of sp³-hybridized carbons (Fsp3) is 0.261. The predicted octanol–water partition coefficient (Wildman–Crippen LogP) is 3.70. The Bertz CT molecular complexity index is 1240. The summed E-state index contributed by atoms with van der Waals surface area (Å²) in [4.78, 5) is 36.3. The van der Waals surface area contributed by atoms with Crippen LogP contribution >= 0.6 is 0 Å². The fourth-order valence-electron chi connectivity index (χ4n) is 3.05. The van der Waals surface area contributed by atoms with E-state index in [9.17, 15) is 27.6 Å². The van der Waals surface area contributed by atoms with E-state index in [1.54, 1.807) is 0 Å². The van der Waals surface area contributed by atoms with Crippen LogP contribution in [-0.4, -0.2) is 30.4 Å². The SMILES string of the molecule is Cc1cc2occ(CC(=O)OC(C)C(=O)NCC(=O)Nc3ccc(F)c(F)c3F)c2cc1C. The van der Waals surface area contributed by atoms with Gasteiger partial charge in [-0.15, -0.1) is 0 Å². The smallest absolute Gasteiger partial charge is 0.311 e. The van der Waals surface area contributed by atoms with E-state index >= 15 is 0 Å². The minimum Gasteiger partial charge on any atom is -0.464 e. The van der Waals surface area contributed by atoms with Gasteiger partial charge in [0, 0.05) is 10.9 Å². The van der Waals surface area contributed by atoms with Crippen molar-refractivity contribution in [3.8, 4) is 0 Å². The molecule has 3 aromatic rings. The number of rotatable bonds is 7. The summed E-state index contributed by atoms with van der Waals surface area (Å²) in [5.74, 6) is -7.02. The summed E-state index contributed by atoms with van der Waals surface area (Å²) in [6.45, 7) is 4.60. The molecule has 0 spiro atoms. The second-order valence-electron chi connectivity index (χ2n) is 7.49. The Morgan fingerprint density at radius 1 is 1.06 bits per heavy atom. The molecule has 0 aliphatic heterocycles. The first-order valence-electron chi connectivity index (χ1n) is 9.94. The minimum atomic E-state index is -1.73. The van der Waals surface area contributed by atoms with E-state index in [0.29, 0.717) is 17.2 Å². The third-order valence-electron chi connectivity index (χ3n) is 5.01. The van der Waals surface area contributed by atoms with E-state index in [1.807, 2.05) is 31.3 Å². The van der Waals surface area contributed by atoms with Crippen molar-refractivity contribution in [2.24, 2.45) is 0 Å². The second-order valence-corrected chi connectivity index (χ2v) is 7.49. The van der Waals surface area contributed by atoms with E-state index in [0.717, 1.165) is 22.6 Å². The number of aryl methyl sites for hydroxylation is 2. The Morgan fingerprint density at radius 2 is 1.76 bits per heavy atom. The number of hydrogen-bond donors (Lipinski definition) is 2. The highest BCUT2D eigenvalue weighted by molar-refractivity contribution is 5.95. The maximum Gasteiger partial charge on any atom is 0.311 e. The number of halogens is 3. The molecule has 1 heterocycles. The van der Waals surface area contributed by atoms with Crippen LogP contribution < -0.4 is 10.6 Å². The quantitative estimate of drug-likeness (QED) is 0.412. The van der Waals surface area contributed by atoms with Crippen LogP contribution in [0.3, 0.4) is 0 Å². The van der Waals surface area contributed by atoms with Crippen LogP contribution in [0.25, 0.3) is 11.0 Å². The molecule has 2 amide bonds. The normalized spacial score (nSPS) is 11.8. The van der Waals surface area contributed by atoms with E-state index in [2.05, 4.69) is 5.32 Å². The zero-order valence-electron chi connectivity index (χ0n) is 18.1. The van der Waals surface area contributed by atoms with Crippen LogP contribution in [0.5, 0.6) is 0 Å². The molecule has 2 aromatic carbocycles. The molecule has 0 saturated carbocycles. The van der Waals surface area contributed by atoms with Crippen molar-refractivity contribution in [1.29, 1.82) is 0 Å². The summed E-state index contributed by atoms with van der Waals surface area (Å²) >= 11 is 0. The van der Waals surface area contributed by atoms with Crippen molar-refractivity contribution in [3.63, 3.8) is 0 Å². The molecule has 0 fully saturated rings. The van der Waals surface area contributed by atoms with Crippen LogP contribution in [0.4, 0.5) is 18.9 Å². The summed E-state index contributed by atoms with van der Waals surface area (Å²) in [7, 11) is 0. The van der Waals surface area contributed by atoms with Crippen molar-refractivity contribution in [2.75, 3.05) is 11.9 Å². The highest BCUT2D eigenvalue weighted by Gasteiger charge is 2.21. The lowest BCUT2D eigenvalue weighted by Crippen LogP contribution is -2.40. The van der Waals surface area contributed by atoms with Gasteiger partial charge in [-0.25, -0.2) is 13.2 Å². The Kier molecular flexibility index (Phi) is 7.05. The second kappa shape index (κ2) is 9.76. The lowest BCUT2D eigenvalue weighted by atomic mass is 10.0. The number of nitrogens with one attached hydrogen (secondary N) is 2. The van der Waals surface area contributed by atoms with Gasteiger partial charge in [-0.1, -0.05) is 0 Å². The number of anilines is 1. The predicted molar refractivity (Wildman–Crippen MR) is 113 cm³/mol. The van der Waals surface area contributed by atoms with Crippen molar-refractivity contribution in [2.45, 2.75) is 33.3 Å². The molecule has 3 rings (SSSR count). The highest BCUT2D eigenvalue weighted by atomic mass is 19.2. The monoisotopic (exact) mass is 462 g/mol. The standard InChI is InChI=1S/C23H21F3N2O5/c1-11-6-15-14(10-32-18(15)7-12(11)2)8-20(30)33-13(3)23(31)27-9-19(29)28-17-5-4-16(24)21(25)22(17)26/h4-7,10,13H,8-9H2,1-3H3,(H,27,31)(H,28,29). The average molecular weight is 462 g/mol. The fourth-order valence-corrected chi connectivity index (χ4v) is 3.05. The first-order valence-corrected chi connectivity index (χ1v) is 9.94. The number of ether oxygens (including phenoxy) is 1. The van der Waals surface area contributed by atoms with Gasteiger partial charge < -0.3 is 19.8 Å². The topological polar surface area (TPSA) is 97.6 Å². The van der Waals surface area contributed by atoms with E-state index < -0.39 is 53.6 Å². The number of hydrogen-bond acceptors (Lipinski definition) is 5. The molecule has 0 saturated heterocycles. The van der Waals surface area contributed by atoms with E-state index in [4.69, 9.17) is 9.15 Å². The van der Waals surface area contributed by atoms with Gasteiger partial charge in [0.15, 0.2) is 23.6 Å². The molecule has 1 aromatic heterocycles. The Labute approximate surface area is 186 Å². The van der Waals surface area contributed by atoms with Crippen molar-refractivity contribution in [1.82, 2.24) is 5.32 Å². The Morgan fingerprint density at radius 3 is 2.48 bits per heavy atom. The van der Waals surface area contributed by atoms with Gasteiger partial charge in [0.05, 0.1) is 24.9 Å². The Balaban J connectivity index is 1.51. The molecular weight excluding hydrogens is 441 g/mol. The Hall–Kier alpha value is -3.82. The van der Waals surface area contributed by atoms with Gasteiger partial charge in [-0.05, 0) is 56.2 Å². The molecule has 7 nitrogen and oxygen atoms in total. The van der Waals surface area contributed by atoms with Crippen molar-refractivity contribution < 1.29 is 36.7 Å². The van der Waals surface area contributed by atoms with Crippen molar-refractivity contribution >= 4 is 34.4 Å². The molecule has 0 aliphatic rings. The third-order valence-corrected chi connectivity index (χ3v) is 5.01. The summed E-state index contributed by atoms with van der Waals surface area (Å²) in [6.07, 6.45) is 0.118.